The van der Waals surface area contributed by atoms with Crippen molar-refractivity contribution in [2.45, 2.75) is 237 Å². The molecule has 0 amide bonds. The lowest BCUT2D eigenvalue weighted by Gasteiger charge is -2.30. The first-order chi connectivity index (χ1) is 54.9. The second kappa shape index (κ2) is 47.8. The van der Waals surface area contributed by atoms with Crippen LogP contribution in [-0.2, 0) is 53.1 Å². The molecule has 20 heteroatoms. The van der Waals surface area contributed by atoms with E-state index in [9.17, 15) is 0 Å². The lowest BCUT2D eigenvalue weighted by atomic mass is 10.0. The van der Waals surface area contributed by atoms with Gasteiger partial charge in [-0.2, -0.15) is 0 Å². The fourth-order valence-corrected chi connectivity index (χ4v) is 23.8. The van der Waals surface area contributed by atoms with Gasteiger partial charge in [-0.05, 0) is 148 Å². The first-order valence-electron chi connectivity index (χ1n) is 43.2. The largest absolute Gasteiger partial charge is 0.537 e. The number of nitrogens with one attached hydrogen (secondary N) is 2. The van der Waals surface area contributed by atoms with Gasteiger partial charge in [0, 0.05) is 144 Å². The minimum Gasteiger partial charge on any atom is -0.370 e. The lowest BCUT2D eigenvalue weighted by Crippen LogP contribution is -2.57. The third kappa shape index (κ3) is 24.0. The van der Waals surface area contributed by atoms with Gasteiger partial charge in [-0.1, -0.05) is 257 Å². The van der Waals surface area contributed by atoms with Gasteiger partial charge in [-0.3, -0.25) is 0 Å². The quantitative estimate of drug-likeness (QED) is 0.0273. The highest BCUT2D eigenvalue weighted by Gasteiger charge is 2.48. The standard InChI is InChI=1S/C92H134N4O12Si4/c1-13-25-61-97-109(98-62-26-14-2,99-63-27-15-3)77-45-37-73(38-46-77)89-81-53-55-83(93-81)90(74-39-47-78(48-40-74)110(100-64-28-16-4,101-65-29-17-5)102-66-30-18-6)85-57-59-87(95-85)92(76-43-51-80(52-44-76)112(106-70-34-22-10,107-71-35-23-11)108-72-36-24-12)88-60-58-86(96-88)91(84-56-54-82(89)94-84)75-41-49-79(50-42-75)111(103-67-31-19-7,104-68-32-20-8)105-69-33-21-9/h37-60,93,96H,13-36,61-72H2,1-12H3. The number of benzene rings is 4. The van der Waals surface area contributed by atoms with Crippen LogP contribution in [0.4, 0.5) is 0 Å². The monoisotopic (exact) mass is 1600 g/mol. The van der Waals surface area contributed by atoms with Crippen molar-refractivity contribution in [3.05, 3.63) is 144 Å². The molecule has 9 rings (SSSR count). The Balaban J connectivity index is 1.38. The van der Waals surface area contributed by atoms with Crippen molar-refractivity contribution in [2.24, 2.45) is 0 Å². The molecular weight excluding hydrogens is 1470 g/mol. The zero-order chi connectivity index (χ0) is 79.3. The fourth-order valence-electron chi connectivity index (χ4n) is 13.5. The van der Waals surface area contributed by atoms with Crippen LogP contribution in [0.1, 0.15) is 260 Å². The van der Waals surface area contributed by atoms with Crippen molar-refractivity contribution in [3.8, 4) is 44.5 Å². The molecule has 0 spiro atoms. The van der Waals surface area contributed by atoms with Gasteiger partial charge in [0.1, 0.15) is 0 Å². The van der Waals surface area contributed by atoms with Crippen LogP contribution in [0.2, 0.25) is 0 Å². The van der Waals surface area contributed by atoms with Crippen molar-refractivity contribution in [3.63, 3.8) is 0 Å². The second-order valence-electron chi connectivity index (χ2n) is 29.5. The van der Waals surface area contributed by atoms with Crippen LogP contribution in [-0.4, -0.2) is 134 Å². The average molecular weight is 1600 g/mol. The molecule has 16 nitrogen and oxygen atoms in total. The summed E-state index contributed by atoms with van der Waals surface area (Å²) in [5, 5.41) is 3.74. The van der Waals surface area contributed by atoms with E-state index >= 15 is 0 Å². The van der Waals surface area contributed by atoms with Crippen molar-refractivity contribution < 1.29 is 53.1 Å². The first kappa shape index (κ1) is 89.8. The highest BCUT2D eigenvalue weighted by atomic mass is 28.4. The number of rotatable bonds is 56. The van der Waals surface area contributed by atoms with Crippen LogP contribution >= 0.6 is 0 Å². The number of nitrogens with zero attached hydrogens (tertiary/aromatic N) is 2. The van der Waals surface area contributed by atoms with E-state index in [1.54, 1.807) is 0 Å². The summed E-state index contributed by atoms with van der Waals surface area (Å²) < 4.78 is 83.1. The number of aromatic nitrogens is 4. The predicted octanol–water partition coefficient (Wildman–Crippen LogP) is 21.7. The summed E-state index contributed by atoms with van der Waals surface area (Å²) in [5.41, 5.74) is 14.1. The molecule has 112 heavy (non-hydrogen) atoms. The minimum absolute atomic E-state index is 0.550. The molecule has 0 saturated heterocycles. The molecule has 8 bridgehead atoms. The number of hydrogen-bond donors (Lipinski definition) is 2. The molecule has 0 atom stereocenters. The highest BCUT2D eigenvalue weighted by molar-refractivity contribution is 6.77. The van der Waals surface area contributed by atoms with Crippen LogP contribution in [0, 0.1) is 0 Å². The molecule has 610 valence electrons. The van der Waals surface area contributed by atoms with E-state index in [-0.39, 0.29) is 0 Å². The molecule has 0 aliphatic carbocycles. The molecular formula is C92H134N4O12Si4. The molecule has 0 unspecified atom stereocenters. The van der Waals surface area contributed by atoms with E-state index in [0.717, 1.165) is 264 Å². The minimum atomic E-state index is -3.41. The number of aromatic amines is 2. The van der Waals surface area contributed by atoms with E-state index in [2.05, 4.69) is 239 Å². The van der Waals surface area contributed by atoms with Gasteiger partial charge in [0.2, 0.25) is 0 Å². The summed E-state index contributed by atoms with van der Waals surface area (Å²) in [6.45, 7) is 32.9. The summed E-state index contributed by atoms with van der Waals surface area (Å²) in [5.74, 6) is 0. The molecule has 4 aromatic carbocycles. The molecule has 2 aliphatic heterocycles. The Labute approximate surface area is 676 Å². The third-order valence-corrected chi connectivity index (χ3v) is 31.5. The van der Waals surface area contributed by atoms with Crippen LogP contribution in [0.25, 0.3) is 90.9 Å². The maximum Gasteiger partial charge on any atom is 0.537 e. The van der Waals surface area contributed by atoms with Gasteiger partial charge in [-0.25, -0.2) is 9.97 Å². The Bertz CT molecular complexity index is 3510. The van der Waals surface area contributed by atoms with Gasteiger partial charge in [0.25, 0.3) is 0 Å². The summed E-state index contributed by atoms with van der Waals surface area (Å²) in [4.78, 5) is 19.7. The normalized spacial score (nSPS) is 12.7. The van der Waals surface area contributed by atoms with Gasteiger partial charge in [0.05, 0.1) is 22.8 Å². The van der Waals surface area contributed by atoms with Crippen molar-refractivity contribution >= 4 is 102 Å². The number of fused-ring (bicyclic) bond motifs is 8. The second-order valence-corrected chi connectivity index (χ2v) is 39.7. The highest BCUT2D eigenvalue weighted by Crippen LogP contribution is 2.40. The Morgan fingerprint density at radius 1 is 0.205 bits per heavy atom. The maximum atomic E-state index is 6.93. The fraction of sp³-hybridized carbons (Fsp3) is 0.522. The van der Waals surface area contributed by atoms with Crippen LogP contribution in [0.5, 0.6) is 0 Å². The topological polar surface area (TPSA) is 168 Å². The molecule has 3 aromatic heterocycles. The molecule has 0 fully saturated rings. The van der Waals surface area contributed by atoms with Crippen LogP contribution in [0.3, 0.4) is 0 Å². The Hall–Kier alpha value is -6.13. The first-order valence-corrected chi connectivity index (χ1v) is 50.1. The van der Waals surface area contributed by atoms with E-state index in [4.69, 9.17) is 63.1 Å². The predicted molar refractivity (Wildman–Crippen MR) is 472 cm³/mol. The van der Waals surface area contributed by atoms with Crippen LogP contribution < -0.4 is 20.7 Å². The summed E-state index contributed by atoms with van der Waals surface area (Å²) in [6.07, 6.45) is 31.4. The van der Waals surface area contributed by atoms with Gasteiger partial charge >= 0.3 is 35.2 Å². The Morgan fingerprint density at radius 2 is 0.348 bits per heavy atom. The SMILES string of the molecule is CCCCO[Si](OCCCC)(OCCCC)c1ccc(-c2c3nc(c(-c4ccc([Si](OCCCC)(OCCCC)OCCCC)cc4)c4ccc([nH]4)c(-c4ccc([Si](OCCCC)(OCCCC)OCCCC)cc4)c4nc(c(-c5ccc([Si](OCCCC)(OCCCC)OCCCC)cc5)c5ccc2[nH]5)C=C4)C=C3)cc1. The number of hydrogen-bond acceptors (Lipinski definition) is 14. The number of H-pyrrole nitrogens is 2. The lowest BCUT2D eigenvalue weighted by molar-refractivity contribution is 0.0694. The van der Waals surface area contributed by atoms with Gasteiger partial charge in [-0.15, -0.1) is 0 Å². The van der Waals surface area contributed by atoms with Crippen molar-refractivity contribution in [1.82, 2.24) is 19.9 Å². The zero-order valence-corrected chi connectivity index (χ0v) is 74.1. The van der Waals surface area contributed by atoms with Gasteiger partial charge < -0.3 is 63.1 Å². The molecule has 2 N–H and O–H groups in total. The average Bonchev–Trinajstić information content (AvgIpc) is 1.62. The summed E-state index contributed by atoms with van der Waals surface area (Å²) in [6, 6.07) is 43.7. The molecule has 2 aliphatic rings. The van der Waals surface area contributed by atoms with Crippen LogP contribution in [0.15, 0.2) is 121 Å². The Morgan fingerprint density at radius 3 is 0.482 bits per heavy atom. The maximum absolute atomic E-state index is 6.93. The van der Waals surface area contributed by atoms with Gasteiger partial charge in [0.15, 0.2) is 0 Å². The Kier molecular flexibility index (Phi) is 38.3. The molecule has 5 heterocycles. The molecule has 7 aromatic rings. The smallest absolute Gasteiger partial charge is 0.370 e. The van der Waals surface area contributed by atoms with E-state index in [1.165, 1.54) is 0 Å². The third-order valence-electron chi connectivity index (χ3n) is 20.3. The van der Waals surface area contributed by atoms with E-state index in [0.29, 0.717) is 79.3 Å². The molecule has 0 saturated carbocycles. The number of unbranched alkanes of at least 4 members (excludes halogenated alkanes) is 12. The van der Waals surface area contributed by atoms with Crippen molar-refractivity contribution in [2.75, 3.05) is 79.3 Å². The van der Waals surface area contributed by atoms with Crippen molar-refractivity contribution in [1.29, 1.82) is 0 Å². The van der Waals surface area contributed by atoms with E-state index < -0.39 is 35.2 Å². The zero-order valence-electron chi connectivity index (χ0n) is 70.1. The summed E-state index contributed by atoms with van der Waals surface area (Å²) >= 11 is 0. The molecule has 0 radical (unpaired) electrons. The van der Waals surface area contributed by atoms with E-state index in [1.807, 2.05) is 0 Å². The summed E-state index contributed by atoms with van der Waals surface area (Å²) in [7, 11) is -13.6.